The number of unbranched alkanes of at least 4 members (excludes halogenated alkanes) is 2. The van der Waals surface area contributed by atoms with Crippen molar-refractivity contribution in [3.8, 4) is 85.8 Å². The van der Waals surface area contributed by atoms with Gasteiger partial charge in [0, 0.05) is 29.8 Å². The lowest BCUT2D eigenvalue weighted by Crippen LogP contribution is -2.15. The van der Waals surface area contributed by atoms with Crippen LogP contribution in [0.25, 0.3) is 45.6 Å². The third kappa shape index (κ3) is 7.27. The van der Waals surface area contributed by atoms with Gasteiger partial charge in [0.25, 0.3) is 0 Å². The van der Waals surface area contributed by atoms with E-state index in [0.717, 1.165) is 37.1 Å². The number of hydrogen-bond donors (Lipinski definition) is 7. The van der Waals surface area contributed by atoms with Crippen LogP contribution in [0.15, 0.2) is 78.0 Å². The molecule has 0 fully saturated rings. The highest BCUT2D eigenvalue weighted by atomic mass is 16.3. The molecule has 0 amide bonds. The SMILES string of the molecule is CCCCCC(c1nc(-c2ccc(O)cc2O)nc(-c2ccc(O)cc2O)n1)c1nc(-c2ccc(O)cc2O)nc(-c2ccc(O)cc2N=O)n1. The summed E-state index contributed by atoms with van der Waals surface area (Å²) in [6, 6.07) is 15.6. The topological polar surface area (TPSA) is 248 Å². The number of nitrogens with zero attached hydrogens (tertiary/aromatic N) is 7. The van der Waals surface area contributed by atoms with Crippen molar-refractivity contribution >= 4 is 5.69 Å². The van der Waals surface area contributed by atoms with Crippen LogP contribution in [0.2, 0.25) is 0 Å². The molecule has 0 aliphatic heterocycles. The lowest BCUT2D eigenvalue weighted by atomic mass is 9.98. The van der Waals surface area contributed by atoms with Gasteiger partial charge in [-0.05, 0) is 60.1 Å². The van der Waals surface area contributed by atoms with E-state index in [9.17, 15) is 40.7 Å². The van der Waals surface area contributed by atoms with Crippen molar-refractivity contribution in [2.45, 2.75) is 38.5 Å². The van der Waals surface area contributed by atoms with E-state index in [1.807, 2.05) is 6.92 Å². The molecule has 258 valence electrons. The highest BCUT2D eigenvalue weighted by Gasteiger charge is 2.27. The molecule has 7 N–H and O–H groups in total. The molecular formula is C36H31N7O8. The molecule has 4 aromatic carbocycles. The van der Waals surface area contributed by atoms with Crippen LogP contribution in [-0.2, 0) is 0 Å². The van der Waals surface area contributed by atoms with Gasteiger partial charge in [0.05, 0.1) is 22.6 Å². The zero-order valence-electron chi connectivity index (χ0n) is 27.0. The second-order valence-corrected chi connectivity index (χ2v) is 11.6. The third-order valence-corrected chi connectivity index (χ3v) is 8.01. The summed E-state index contributed by atoms with van der Waals surface area (Å²) in [4.78, 5) is 39.8. The van der Waals surface area contributed by atoms with E-state index in [0.29, 0.717) is 12.8 Å². The van der Waals surface area contributed by atoms with E-state index in [4.69, 9.17) is 19.9 Å². The Kier molecular flexibility index (Phi) is 9.53. The molecule has 0 saturated heterocycles. The molecule has 15 nitrogen and oxygen atoms in total. The van der Waals surface area contributed by atoms with E-state index >= 15 is 0 Å². The molecule has 6 rings (SSSR count). The van der Waals surface area contributed by atoms with Crippen LogP contribution in [0.5, 0.6) is 40.2 Å². The highest BCUT2D eigenvalue weighted by Crippen LogP contribution is 2.39. The molecule has 51 heavy (non-hydrogen) atoms. The van der Waals surface area contributed by atoms with Crippen LogP contribution in [-0.4, -0.2) is 65.6 Å². The van der Waals surface area contributed by atoms with Gasteiger partial charge in [-0.3, -0.25) is 0 Å². The van der Waals surface area contributed by atoms with E-state index < -0.39 is 5.92 Å². The maximum Gasteiger partial charge on any atom is 0.167 e. The fourth-order valence-corrected chi connectivity index (χ4v) is 5.46. The van der Waals surface area contributed by atoms with Crippen molar-refractivity contribution in [3.05, 3.63) is 89.4 Å². The number of aromatic nitrogens is 6. The minimum atomic E-state index is -0.819. The molecular weight excluding hydrogens is 658 g/mol. The smallest absolute Gasteiger partial charge is 0.167 e. The first-order chi connectivity index (χ1) is 24.5. The van der Waals surface area contributed by atoms with E-state index in [2.05, 4.69) is 15.1 Å². The number of nitroso groups, excluding NO2 is 1. The zero-order valence-corrected chi connectivity index (χ0v) is 27.0. The Hall–Kier alpha value is -6.90. The number of phenolic OH excluding ortho intramolecular Hbond substituents is 7. The molecule has 2 aromatic heterocycles. The van der Waals surface area contributed by atoms with E-state index in [-0.39, 0.29) is 103 Å². The average Bonchev–Trinajstić information content (AvgIpc) is 3.09. The standard InChI is InChI=1S/C36H31N7O8/c1-2-3-4-5-26(36-41-33(24-12-8-20(46)16-29(24)49)39-34(42-36)25-13-9-21(47)17-30(25)50)35-38-31(22-10-6-18(44)14-27(22)43-51)37-32(40-35)23-11-7-19(45)15-28(23)48/h6-17,26,44-50H,2-5H2,1H3. The van der Waals surface area contributed by atoms with Crippen molar-refractivity contribution < 1.29 is 35.7 Å². The van der Waals surface area contributed by atoms with Gasteiger partial charge in [0.2, 0.25) is 0 Å². The van der Waals surface area contributed by atoms with Gasteiger partial charge in [-0.15, -0.1) is 4.91 Å². The summed E-state index contributed by atoms with van der Waals surface area (Å²) < 4.78 is 0. The molecule has 15 heteroatoms. The largest absolute Gasteiger partial charge is 0.508 e. The summed E-state index contributed by atoms with van der Waals surface area (Å²) in [7, 11) is 0. The summed E-state index contributed by atoms with van der Waals surface area (Å²) in [5, 5.41) is 75.3. The molecule has 0 spiro atoms. The van der Waals surface area contributed by atoms with Gasteiger partial charge in [-0.2, -0.15) is 0 Å². The monoisotopic (exact) mass is 689 g/mol. The second kappa shape index (κ2) is 14.3. The maximum absolute atomic E-state index is 11.9. The number of rotatable bonds is 11. The Labute approximate surface area is 289 Å². The number of benzene rings is 4. The van der Waals surface area contributed by atoms with Crippen LogP contribution in [0.4, 0.5) is 5.69 Å². The van der Waals surface area contributed by atoms with Crippen LogP contribution >= 0.6 is 0 Å². The second-order valence-electron chi connectivity index (χ2n) is 11.6. The van der Waals surface area contributed by atoms with Crippen molar-refractivity contribution in [2.24, 2.45) is 5.18 Å². The first kappa shape index (κ1) is 34.0. The lowest BCUT2D eigenvalue weighted by molar-refractivity contribution is 0.450. The van der Waals surface area contributed by atoms with Crippen molar-refractivity contribution in [1.29, 1.82) is 0 Å². The third-order valence-electron chi connectivity index (χ3n) is 8.01. The molecule has 0 bridgehead atoms. The molecule has 0 saturated carbocycles. The van der Waals surface area contributed by atoms with Gasteiger partial charge < -0.3 is 35.7 Å². The fraction of sp³-hybridized carbons (Fsp3) is 0.167. The zero-order chi connectivity index (χ0) is 36.2. The maximum atomic E-state index is 11.9. The van der Waals surface area contributed by atoms with Crippen LogP contribution in [0.3, 0.4) is 0 Å². The van der Waals surface area contributed by atoms with Crippen molar-refractivity contribution in [1.82, 2.24) is 29.9 Å². The first-order valence-corrected chi connectivity index (χ1v) is 15.8. The molecule has 1 atom stereocenters. The van der Waals surface area contributed by atoms with Gasteiger partial charge in [0.15, 0.2) is 23.3 Å². The van der Waals surface area contributed by atoms with E-state index in [1.54, 1.807) is 0 Å². The summed E-state index contributed by atoms with van der Waals surface area (Å²) in [5.74, 6) is -2.48. The molecule has 6 aromatic rings. The molecule has 1 unspecified atom stereocenters. The number of phenols is 7. The Bertz CT molecular complexity index is 2200. The summed E-state index contributed by atoms with van der Waals surface area (Å²) in [5.41, 5.74) is 0.397. The van der Waals surface area contributed by atoms with Crippen LogP contribution in [0, 0.1) is 4.91 Å². The Balaban J connectivity index is 1.63. The normalized spacial score (nSPS) is 11.7. The first-order valence-electron chi connectivity index (χ1n) is 15.8. The van der Waals surface area contributed by atoms with Crippen molar-refractivity contribution in [2.75, 3.05) is 0 Å². The number of hydrogen-bond acceptors (Lipinski definition) is 15. The molecule has 0 radical (unpaired) electrons. The van der Waals surface area contributed by atoms with E-state index in [1.165, 1.54) is 48.5 Å². The minimum Gasteiger partial charge on any atom is -0.508 e. The van der Waals surface area contributed by atoms with Crippen LogP contribution < -0.4 is 0 Å². The predicted octanol–water partition coefficient (Wildman–Crippen LogP) is 6.77. The van der Waals surface area contributed by atoms with Gasteiger partial charge >= 0.3 is 0 Å². The average molecular weight is 690 g/mol. The summed E-state index contributed by atoms with van der Waals surface area (Å²) in [6.45, 7) is 2.03. The summed E-state index contributed by atoms with van der Waals surface area (Å²) >= 11 is 0. The van der Waals surface area contributed by atoms with Gasteiger partial charge in [-0.25, -0.2) is 29.9 Å². The van der Waals surface area contributed by atoms with Gasteiger partial charge in [0.1, 0.15) is 57.6 Å². The predicted molar refractivity (Wildman–Crippen MR) is 184 cm³/mol. The highest BCUT2D eigenvalue weighted by molar-refractivity contribution is 5.75. The Morgan fingerprint density at radius 2 is 0.882 bits per heavy atom. The molecule has 2 heterocycles. The minimum absolute atomic E-state index is 0.0166. The summed E-state index contributed by atoms with van der Waals surface area (Å²) in [6.07, 6.45) is 2.69. The fourth-order valence-electron chi connectivity index (χ4n) is 5.46. The molecule has 0 aliphatic carbocycles. The van der Waals surface area contributed by atoms with Gasteiger partial charge in [-0.1, -0.05) is 26.2 Å². The number of aromatic hydroxyl groups is 7. The lowest BCUT2D eigenvalue weighted by Gasteiger charge is -2.18. The molecule has 0 aliphatic rings. The van der Waals surface area contributed by atoms with Crippen molar-refractivity contribution in [3.63, 3.8) is 0 Å². The quantitative estimate of drug-likeness (QED) is 0.0548. The van der Waals surface area contributed by atoms with Crippen LogP contribution in [0.1, 0.15) is 50.2 Å². The Morgan fingerprint density at radius 3 is 1.25 bits per heavy atom. The Morgan fingerprint density at radius 1 is 0.510 bits per heavy atom.